The van der Waals surface area contributed by atoms with Gasteiger partial charge >= 0.3 is 0 Å². The molecule has 0 spiro atoms. The van der Waals surface area contributed by atoms with Crippen LogP contribution in [0.3, 0.4) is 0 Å². The number of nitrogens with one attached hydrogen (secondary N) is 2. The van der Waals surface area contributed by atoms with Gasteiger partial charge in [-0.2, -0.15) is 0 Å². The third-order valence-corrected chi connectivity index (χ3v) is 3.53. The second-order valence-electron chi connectivity index (χ2n) is 4.78. The van der Waals surface area contributed by atoms with E-state index >= 15 is 0 Å². The Balaban J connectivity index is 2.04. The number of anilines is 1. The van der Waals surface area contributed by atoms with Gasteiger partial charge in [-0.1, -0.05) is 12.1 Å². The Morgan fingerprint density at radius 1 is 1.41 bits per heavy atom. The van der Waals surface area contributed by atoms with Gasteiger partial charge in [0.15, 0.2) is 0 Å². The van der Waals surface area contributed by atoms with Crippen LogP contribution in [-0.4, -0.2) is 19.0 Å². The maximum Gasteiger partial charge on any atom is 0.228 e. The lowest BCUT2D eigenvalue weighted by atomic mass is 9.98. The summed E-state index contributed by atoms with van der Waals surface area (Å²) >= 11 is 0. The fourth-order valence-corrected chi connectivity index (χ4v) is 2.20. The normalized spacial score (nSPS) is 20.0. The van der Waals surface area contributed by atoms with E-state index in [1.165, 1.54) is 5.56 Å². The third kappa shape index (κ3) is 2.86. The number of carbonyl (C=O) groups excluding carboxylic acids is 1. The summed E-state index contributed by atoms with van der Waals surface area (Å²) in [5.41, 5.74) is 3.31. The molecule has 2 rings (SSSR count). The number of carbonyl (C=O) groups is 1. The fraction of sp³-hybridized carbons (Fsp3) is 0.500. The van der Waals surface area contributed by atoms with Gasteiger partial charge in [-0.15, -0.1) is 0 Å². The Kier molecular flexibility index (Phi) is 3.79. The largest absolute Gasteiger partial charge is 0.326 e. The van der Waals surface area contributed by atoms with E-state index in [1.807, 2.05) is 19.1 Å². The molecule has 1 atom stereocenters. The zero-order valence-corrected chi connectivity index (χ0v) is 10.5. The van der Waals surface area contributed by atoms with Crippen molar-refractivity contribution in [3.63, 3.8) is 0 Å². The summed E-state index contributed by atoms with van der Waals surface area (Å²) in [5, 5.41) is 6.31. The number of aryl methyl sites for hydroxylation is 1. The van der Waals surface area contributed by atoms with Crippen LogP contribution in [0.2, 0.25) is 0 Å². The van der Waals surface area contributed by atoms with Gasteiger partial charge in [0.25, 0.3) is 0 Å². The molecule has 1 aromatic carbocycles. The first-order valence-electron chi connectivity index (χ1n) is 6.26. The van der Waals surface area contributed by atoms with Crippen molar-refractivity contribution in [2.75, 3.05) is 18.4 Å². The predicted molar refractivity (Wildman–Crippen MR) is 70.1 cm³/mol. The van der Waals surface area contributed by atoms with Crippen molar-refractivity contribution < 1.29 is 4.79 Å². The highest BCUT2D eigenvalue weighted by molar-refractivity contribution is 5.93. The van der Waals surface area contributed by atoms with Crippen molar-refractivity contribution in [3.05, 3.63) is 29.3 Å². The minimum Gasteiger partial charge on any atom is -0.326 e. The summed E-state index contributed by atoms with van der Waals surface area (Å²) in [6.45, 7) is 5.95. The van der Waals surface area contributed by atoms with E-state index in [1.54, 1.807) is 0 Å². The summed E-state index contributed by atoms with van der Waals surface area (Å²) < 4.78 is 0. The van der Waals surface area contributed by atoms with E-state index < -0.39 is 0 Å². The van der Waals surface area contributed by atoms with Gasteiger partial charge in [0.2, 0.25) is 5.91 Å². The summed E-state index contributed by atoms with van der Waals surface area (Å²) in [7, 11) is 0. The molecule has 1 heterocycles. The van der Waals surface area contributed by atoms with Crippen LogP contribution in [0.4, 0.5) is 5.69 Å². The molecule has 1 aromatic rings. The molecule has 1 saturated heterocycles. The van der Waals surface area contributed by atoms with Gasteiger partial charge in [-0.3, -0.25) is 4.79 Å². The van der Waals surface area contributed by atoms with Gasteiger partial charge < -0.3 is 10.6 Å². The van der Waals surface area contributed by atoms with Crippen molar-refractivity contribution in [2.24, 2.45) is 5.92 Å². The first-order valence-corrected chi connectivity index (χ1v) is 6.26. The first kappa shape index (κ1) is 12.1. The lowest BCUT2D eigenvalue weighted by Crippen LogP contribution is -2.37. The Morgan fingerprint density at radius 2 is 2.24 bits per heavy atom. The highest BCUT2D eigenvalue weighted by Crippen LogP contribution is 2.20. The van der Waals surface area contributed by atoms with Crippen LogP contribution >= 0.6 is 0 Å². The quantitative estimate of drug-likeness (QED) is 0.821. The lowest BCUT2D eigenvalue weighted by molar-refractivity contribution is -0.120. The third-order valence-electron chi connectivity index (χ3n) is 3.53. The molecule has 0 aliphatic carbocycles. The number of amides is 1. The standard InChI is InChI=1S/C14H20N2O/c1-10-5-3-7-13(11(10)2)16-14(17)12-6-4-8-15-9-12/h3,5,7,12,15H,4,6,8-9H2,1-2H3,(H,16,17). The minimum absolute atomic E-state index is 0.115. The highest BCUT2D eigenvalue weighted by atomic mass is 16.1. The molecule has 0 aromatic heterocycles. The number of piperidine rings is 1. The molecule has 1 aliphatic heterocycles. The Morgan fingerprint density at radius 3 is 2.94 bits per heavy atom. The average molecular weight is 232 g/mol. The van der Waals surface area contributed by atoms with Crippen LogP contribution in [-0.2, 0) is 4.79 Å². The van der Waals surface area contributed by atoms with Gasteiger partial charge in [-0.05, 0) is 50.4 Å². The number of rotatable bonds is 2. The molecule has 3 heteroatoms. The minimum atomic E-state index is 0.115. The molecule has 2 N–H and O–H groups in total. The molecule has 1 amide bonds. The summed E-state index contributed by atoms with van der Waals surface area (Å²) in [4.78, 5) is 12.1. The molecule has 1 aliphatic rings. The molecule has 0 radical (unpaired) electrons. The lowest BCUT2D eigenvalue weighted by Gasteiger charge is -2.22. The van der Waals surface area contributed by atoms with Crippen molar-refractivity contribution in [1.29, 1.82) is 0 Å². The summed E-state index contributed by atoms with van der Waals surface area (Å²) in [5.74, 6) is 0.259. The van der Waals surface area contributed by atoms with Crippen molar-refractivity contribution in [1.82, 2.24) is 5.32 Å². The zero-order valence-electron chi connectivity index (χ0n) is 10.5. The smallest absolute Gasteiger partial charge is 0.228 e. The SMILES string of the molecule is Cc1cccc(NC(=O)C2CCCNC2)c1C. The van der Waals surface area contributed by atoms with Gasteiger partial charge in [-0.25, -0.2) is 0 Å². The fourth-order valence-electron chi connectivity index (χ4n) is 2.20. The Bertz CT molecular complexity index is 409. The van der Waals surface area contributed by atoms with E-state index in [0.717, 1.165) is 37.2 Å². The predicted octanol–water partition coefficient (Wildman–Crippen LogP) is 2.24. The molecule has 17 heavy (non-hydrogen) atoms. The van der Waals surface area contributed by atoms with Crippen molar-refractivity contribution in [2.45, 2.75) is 26.7 Å². The van der Waals surface area contributed by atoms with Gasteiger partial charge in [0.1, 0.15) is 0 Å². The second-order valence-corrected chi connectivity index (χ2v) is 4.78. The van der Waals surface area contributed by atoms with E-state index in [0.29, 0.717) is 0 Å². The van der Waals surface area contributed by atoms with E-state index in [2.05, 4.69) is 23.6 Å². The maximum atomic E-state index is 12.1. The molecule has 1 fully saturated rings. The van der Waals surface area contributed by atoms with Crippen LogP contribution in [0.25, 0.3) is 0 Å². The molecule has 0 bridgehead atoms. The van der Waals surface area contributed by atoms with Crippen LogP contribution in [0.1, 0.15) is 24.0 Å². The van der Waals surface area contributed by atoms with Crippen LogP contribution in [0.15, 0.2) is 18.2 Å². The van der Waals surface area contributed by atoms with E-state index in [4.69, 9.17) is 0 Å². The van der Waals surface area contributed by atoms with Crippen LogP contribution in [0.5, 0.6) is 0 Å². The molecular weight excluding hydrogens is 212 g/mol. The van der Waals surface area contributed by atoms with Crippen molar-refractivity contribution >= 4 is 11.6 Å². The Labute approximate surface area is 103 Å². The highest BCUT2D eigenvalue weighted by Gasteiger charge is 2.21. The molecular formula is C14H20N2O. The second kappa shape index (κ2) is 5.32. The van der Waals surface area contributed by atoms with Crippen LogP contribution < -0.4 is 10.6 Å². The first-order chi connectivity index (χ1) is 8.18. The molecule has 1 unspecified atom stereocenters. The zero-order chi connectivity index (χ0) is 12.3. The van der Waals surface area contributed by atoms with Crippen LogP contribution in [0, 0.1) is 19.8 Å². The monoisotopic (exact) mass is 232 g/mol. The number of hydrogen-bond donors (Lipinski definition) is 2. The average Bonchev–Trinajstić information content (AvgIpc) is 2.36. The van der Waals surface area contributed by atoms with Crippen molar-refractivity contribution in [3.8, 4) is 0 Å². The number of hydrogen-bond acceptors (Lipinski definition) is 2. The van der Waals surface area contributed by atoms with E-state index in [-0.39, 0.29) is 11.8 Å². The molecule has 92 valence electrons. The van der Waals surface area contributed by atoms with Gasteiger partial charge in [0.05, 0.1) is 5.92 Å². The Hall–Kier alpha value is -1.35. The molecule has 0 saturated carbocycles. The molecule has 3 nitrogen and oxygen atoms in total. The number of benzene rings is 1. The summed E-state index contributed by atoms with van der Waals surface area (Å²) in [6, 6.07) is 6.01. The van der Waals surface area contributed by atoms with E-state index in [9.17, 15) is 4.79 Å². The topological polar surface area (TPSA) is 41.1 Å². The maximum absolute atomic E-state index is 12.1. The van der Waals surface area contributed by atoms with Gasteiger partial charge in [0, 0.05) is 12.2 Å². The summed E-state index contributed by atoms with van der Waals surface area (Å²) in [6.07, 6.45) is 2.08.